The zero-order valence-electron chi connectivity index (χ0n) is 13.5. The molecule has 1 amide bonds. The number of hydrogen-bond donors (Lipinski definition) is 1. The summed E-state index contributed by atoms with van der Waals surface area (Å²) in [5.74, 6) is -0.930. The SMILES string of the molecule is CCOC(=O)c1cccc(C(=O)Nc2nc3c(s2)CN(C)CC3)n1. The fraction of sp³-hybridized carbons (Fsp3) is 0.375. The van der Waals surface area contributed by atoms with E-state index in [1.54, 1.807) is 19.1 Å². The molecule has 7 nitrogen and oxygen atoms in total. The van der Waals surface area contributed by atoms with E-state index in [-0.39, 0.29) is 23.9 Å². The van der Waals surface area contributed by atoms with Gasteiger partial charge in [0.15, 0.2) is 5.13 Å². The van der Waals surface area contributed by atoms with Crippen LogP contribution in [0.2, 0.25) is 0 Å². The monoisotopic (exact) mass is 346 g/mol. The van der Waals surface area contributed by atoms with E-state index in [9.17, 15) is 9.59 Å². The number of likely N-dealkylation sites (N-methyl/N-ethyl adjacent to an activating group) is 1. The Morgan fingerprint density at radius 2 is 2.12 bits per heavy atom. The molecule has 3 rings (SSSR count). The molecule has 0 aliphatic carbocycles. The van der Waals surface area contributed by atoms with E-state index in [2.05, 4.69) is 27.2 Å². The minimum absolute atomic E-state index is 0.115. The van der Waals surface area contributed by atoms with Crippen LogP contribution in [0.15, 0.2) is 18.2 Å². The van der Waals surface area contributed by atoms with E-state index in [0.29, 0.717) is 5.13 Å². The number of esters is 1. The maximum Gasteiger partial charge on any atom is 0.356 e. The van der Waals surface area contributed by atoms with Crippen molar-refractivity contribution in [3.63, 3.8) is 0 Å². The van der Waals surface area contributed by atoms with Gasteiger partial charge >= 0.3 is 5.97 Å². The minimum atomic E-state index is -0.542. The first-order valence-corrected chi connectivity index (χ1v) is 8.51. The van der Waals surface area contributed by atoms with Crippen LogP contribution in [-0.2, 0) is 17.7 Å². The lowest BCUT2D eigenvalue weighted by Crippen LogP contribution is -2.25. The highest BCUT2D eigenvalue weighted by Gasteiger charge is 2.20. The molecule has 0 saturated heterocycles. The molecule has 1 aliphatic heterocycles. The fourth-order valence-corrected chi connectivity index (χ4v) is 3.50. The zero-order chi connectivity index (χ0) is 17.1. The molecular formula is C16H18N4O3S. The van der Waals surface area contributed by atoms with Gasteiger partial charge in [-0.3, -0.25) is 10.1 Å². The second-order valence-corrected chi connectivity index (χ2v) is 6.54. The summed E-state index contributed by atoms with van der Waals surface area (Å²) in [5, 5.41) is 3.32. The molecule has 1 aliphatic rings. The lowest BCUT2D eigenvalue weighted by atomic mass is 10.2. The van der Waals surface area contributed by atoms with Crippen molar-refractivity contribution in [2.24, 2.45) is 0 Å². The molecule has 8 heteroatoms. The molecule has 1 N–H and O–H groups in total. The van der Waals surface area contributed by atoms with Crippen molar-refractivity contribution < 1.29 is 14.3 Å². The number of rotatable bonds is 4. The molecule has 126 valence electrons. The number of anilines is 1. The van der Waals surface area contributed by atoms with Gasteiger partial charge in [-0.25, -0.2) is 14.8 Å². The molecule has 3 heterocycles. The van der Waals surface area contributed by atoms with Gasteiger partial charge in [0.1, 0.15) is 11.4 Å². The number of pyridine rings is 1. The van der Waals surface area contributed by atoms with E-state index >= 15 is 0 Å². The van der Waals surface area contributed by atoms with E-state index in [1.807, 2.05) is 0 Å². The molecule has 0 fully saturated rings. The highest BCUT2D eigenvalue weighted by atomic mass is 32.1. The Morgan fingerprint density at radius 1 is 1.33 bits per heavy atom. The number of amides is 1. The summed E-state index contributed by atoms with van der Waals surface area (Å²) in [6.45, 7) is 3.79. The summed E-state index contributed by atoms with van der Waals surface area (Å²) in [5.41, 5.74) is 1.32. The van der Waals surface area contributed by atoms with Crippen molar-refractivity contribution >= 4 is 28.3 Å². The third-order valence-corrected chi connectivity index (χ3v) is 4.61. The number of hydrogen-bond acceptors (Lipinski definition) is 7. The molecule has 0 bridgehead atoms. The molecule has 0 unspecified atom stereocenters. The van der Waals surface area contributed by atoms with Gasteiger partial charge in [0, 0.05) is 24.4 Å². The van der Waals surface area contributed by atoms with Crippen molar-refractivity contribution in [2.75, 3.05) is 25.5 Å². The molecule has 0 saturated carbocycles. The Labute approximate surface area is 143 Å². The average Bonchev–Trinajstić information content (AvgIpc) is 2.96. The summed E-state index contributed by atoms with van der Waals surface area (Å²) in [6, 6.07) is 4.68. The topological polar surface area (TPSA) is 84.4 Å². The van der Waals surface area contributed by atoms with Crippen molar-refractivity contribution in [2.45, 2.75) is 19.9 Å². The van der Waals surface area contributed by atoms with Crippen LogP contribution in [0.4, 0.5) is 5.13 Å². The van der Waals surface area contributed by atoms with Crippen LogP contribution in [0.3, 0.4) is 0 Å². The van der Waals surface area contributed by atoms with Crippen LogP contribution < -0.4 is 5.32 Å². The minimum Gasteiger partial charge on any atom is -0.461 e. The Hall–Kier alpha value is -2.32. The number of ether oxygens (including phenoxy) is 1. The van der Waals surface area contributed by atoms with E-state index in [1.165, 1.54) is 22.3 Å². The van der Waals surface area contributed by atoms with E-state index in [0.717, 1.165) is 25.2 Å². The molecular weight excluding hydrogens is 328 g/mol. The van der Waals surface area contributed by atoms with Gasteiger partial charge in [0.05, 0.1) is 12.3 Å². The van der Waals surface area contributed by atoms with Crippen LogP contribution in [-0.4, -0.2) is 46.9 Å². The van der Waals surface area contributed by atoms with Gasteiger partial charge in [-0.1, -0.05) is 6.07 Å². The number of carbonyl (C=O) groups excluding carboxylic acids is 2. The fourth-order valence-electron chi connectivity index (χ4n) is 2.42. The lowest BCUT2D eigenvalue weighted by molar-refractivity contribution is 0.0519. The first-order chi connectivity index (χ1) is 11.6. The summed E-state index contributed by atoms with van der Waals surface area (Å²) < 4.78 is 4.90. The molecule has 2 aromatic rings. The predicted octanol–water partition coefficient (Wildman–Crippen LogP) is 1.96. The Balaban J connectivity index is 1.73. The van der Waals surface area contributed by atoms with Crippen LogP contribution in [0.25, 0.3) is 0 Å². The zero-order valence-corrected chi connectivity index (χ0v) is 14.4. The average molecular weight is 346 g/mol. The van der Waals surface area contributed by atoms with Crippen molar-refractivity contribution in [1.29, 1.82) is 0 Å². The van der Waals surface area contributed by atoms with E-state index < -0.39 is 5.97 Å². The number of fused-ring (bicyclic) bond motifs is 1. The number of nitrogens with one attached hydrogen (secondary N) is 1. The van der Waals surface area contributed by atoms with Crippen LogP contribution in [0.5, 0.6) is 0 Å². The summed E-state index contributed by atoms with van der Waals surface area (Å²) >= 11 is 1.48. The smallest absolute Gasteiger partial charge is 0.356 e. The molecule has 0 spiro atoms. The van der Waals surface area contributed by atoms with Crippen LogP contribution in [0, 0.1) is 0 Å². The second-order valence-electron chi connectivity index (χ2n) is 5.46. The van der Waals surface area contributed by atoms with Gasteiger partial charge in [-0.15, -0.1) is 11.3 Å². The van der Waals surface area contributed by atoms with Gasteiger partial charge in [-0.2, -0.15) is 0 Å². The van der Waals surface area contributed by atoms with Gasteiger partial charge < -0.3 is 9.64 Å². The summed E-state index contributed by atoms with van der Waals surface area (Å²) in [4.78, 5) is 36.0. The third kappa shape index (κ3) is 3.60. The summed E-state index contributed by atoms with van der Waals surface area (Å²) in [6.07, 6.45) is 0.884. The summed E-state index contributed by atoms with van der Waals surface area (Å²) in [7, 11) is 2.06. The molecule has 0 radical (unpaired) electrons. The molecule has 0 aromatic carbocycles. The Morgan fingerprint density at radius 3 is 2.92 bits per heavy atom. The quantitative estimate of drug-likeness (QED) is 0.852. The highest BCUT2D eigenvalue weighted by molar-refractivity contribution is 7.15. The normalized spacial score (nSPS) is 14.1. The number of nitrogens with zero attached hydrogens (tertiary/aromatic N) is 3. The number of thiazole rings is 1. The molecule has 24 heavy (non-hydrogen) atoms. The Bertz CT molecular complexity index is 774. The van der Waals surface area contributed by atoms with Crippen LogP contribution in [0.1, 0.15) is 38.5 Å². The largest absolute Gasteiger partial charge is 0.461 e. The molecule has 2 aromatic heterocycles. The maximum absolute atomic E-state index is 12.4. The van der Waals surface area contributed by atoms with Crippen LogP contribution >= 0.6 is 11.3 Å². The number of carbonyl (C=O) groups is 2. The van der Waals surface area contributed by atoms with Crippen molar-refractivity contribution in [3.8, 4) is 0 Å². The van der Waals surface area contributed by atoms with E-state index in [4.69, 9.17) is 4.74 Å². The van der Waals surface area contributed by atoms with Gasteiger partial charge in [0.25, 0.3) is 5.91 Å². The lowest BCUT2D eigenvalue weighted by Gasteiger charge is -2.20. The van der Waals surface area contributed by atoms with Gasteiger partial charge in [0.2, 0.25) is 0 Å². The molecule has 0 atom stereocenters. The maximum atomic E-state index is 12.4. The third-order valence-electron chi connectivity index (χ3n) is 3.61. The standard InChI is InChI=1S/C16H18N4O3S/c1-3-23-15(22)12-6-4-5-11(17-12)14(21)19-16-18-10-7-8-20(2)9-13(10)24-16/h4-6H,3,7-9H2,1-2H3,(H,18,19,21). The first kappa shape index (κ1) is 16.5. The Kier molecular flexibility index (Phi) is 4.86. The van der Waals surface area contributed by atoms with Crippen molar-refractivity contribution in [3.05, 3.63) is 40.2 Å². The van der Waals surface area contributed by atoms with Gasteiger partial charge in [-0.05, 0) is 26.1 Å². The highest BCUT2D eigenvalue weighted by Crippen LogP contribution is 2.27. The first-order valence-electron chi connectivity index (χ1n) is 7.69. The predicted molar refractivity (Wildman–Crippen MR) is 90.3 cm³/mol. The number of aromatic nitrogens is 2. The van der Waals surface area contributed by atoms with Crippen molar-refractivity contribution in [1.82, 2.24) is 14.9 Å². The second kappa shape index (κ2) is 7.06.